The predicted molar refractivity (Wildman–Crippen MR) is 69.6 cm³/mol. The average Bonchev–Trinajstić information content (AvgIpc) is 2.38. The molecule has 0 fully saturated rings. The van der Waals surface area contributed by atoms with Crippen molar-refractivity contribution in [1.82, 2.24) is 20.4 Å². The molecule has 0 unspecified atom stereocenters. The number of aromatic nitrogens is 2. The summed E-state index contributed by atoms with van der Waals surface area (Å²) >= 11 is 0. The van der Waals surface area contributed by atoms with Gasteiger partial charge in [-0.3, -0.25) is 9.59 Å². The van der Waals surface area contributed by atoms with E-state index < -0.39 is 0 Å². The van der Waals surface area contributed by atoms with Gasteiger partial charge in [0.1, 0.15) is 5.69 Å². The molecular formula is C12H20N4O2. The van der Waals surface area contributed by atoms with Crippen molar-refractivity contribution in [2.24, 2.45) is 0 Å². The zero-order chi connectivity index (χ0) is 13.4. The van der Waals surface area contributed by atoms with E-state index in [-0.39, 0.29) is 17.2 Å². The Morgan fingerprint density at radius 2 is 2.17 bits per heavy atom. The Kier molecular flexibility index (Phi) is 6.07. The van der Waals surface area contributed by atoms with Crippen molar-refractivity contribution in [3.8, 4) is 0 Å². The summed E-state index contributed by atoms with van der Waals surface area (Å²) in [5, 5.41) is 8.68. The van der Waals surface area contributed by atoms with Crippen molar-refractivity contribution in [3.05, 3.63) is 28.2 Å². The molecule has 0 saturated carbocycles. The molecule has 0 aliphatic heterocycles. The van der Waals surface area contributed by atoms with Crippen LogP contribution in [0.3, 0.4) is 0 Å². The fourth-order valence-electron chi connectivity index (χ4n) is 1.63. The first kappa shape index (κ1) is 14.4. The van der Waals surface area contributed by atoms with Gasteiger partial charge in [0, 0.05) is 19.2 Å². The average molecular weight is 252 g/mol. The van der Waals surface area contributed by atoms with Gasteiger partial charge < -0.3 is 10.2 Å². The Hall–Kier alpha value is -1.69. The SMILES string of the molecule is CCCN(CC)CCNC(=O)c1ccc(=O)[nH]n1. The summed E-state index contributed by atoms with van der Waals surface area (Å²) in [6.45, 7) is 7.63. The Morgan fingerprint density at radius 3 is 2.72 bits per heavy atom. The minimum Gasteiger partial charge on any atom is -0.349 e. The van der Waals surface area contributed by atoms with E-state index in [1.165, 1.54) is 12.1 Å². The monoisotopic (exact) mass is 252 g/mol. The Bertz CT molecular complexity index is 410. The van der Waals surface area contributed by atoms with Gasteiger partial charge in [-0.15, -0.1) is 0 Å². The van der Waals surface area contributed by atoms with E-state index in [2.05, 4.69) is 34.3 Å². The highest BCUT2D eigenvalue weighted by atomic mass is 16.2. The van der Waals surface area contributed by atoms with Crippen LogP contribution in [0.4, 0.5) is 0 Å². The van der Waals surface area contributed by atoms with Crippen LogP contribution in [-0.4, -0.2) is 47.2 Å². The molecule has 1 rings (SSSR count). The van der Waals surface area contributed by atoms with Crippen LogP contribution in [0.15, 0.2) is 16.9 Å². The number of nitrogens with zero attached hydrogens (tertiary/aromatic N) is 2. The molecule has 0 spiro atoms. The summed E-state index contributed by atoms with van der Waals surface area (Å²) in [4.78, 5) is 24.7. The fraction of sp³-hybridized carbons (Fsp3) is 0.583. The maximum atomic E-state index is 11.7. The summed E-state index contributed by atoms with van der Waals surface area (Å²) in [5.74, 6) is -0.265. The molecule has 0 radical (unpaired) electrons. The third-order valence-electron chi connectivity index (χ3n) is 2.61. The maximum absolute atomic E-state index is 11.7. The number of amides is 1. The van der Waals surface area contributed by atoms with Crippen LogP contribution in [0, 0.1) is 0 Å². The molecule has 0 saturated heterocycles. The van der Waals surface area contributed by atoms with Gasteiger partial charge in [-0.25, -0.2) is 5.10 Å². The number of aromatic amines is 1. The van der Waals surface area contributed by atoms with Crippen molar-refractivity contribution < 1.29 is 4.79 Å². The van der Waals surface area contributed by atoms with E-state index in [0.29, 0.717) is 6.54 Å². The number of hydrogen-bond acceptors (Lipinski definition) is 4. The normalized spacial score (nSPS) is 10.6. The molecule has 1 heterocycles. The summed E-state index contributed by atoms with van der Waals surface area (Å²) in [7, 11) is 0. The molecule has 100 valence electrons. The first-order chi connectivity index (χ1) is 8.67. The highest BCUT2D eigenvalue weighted by Crippen LogP contribution is 1.91. The molecule has 6 heteroatoms. The van der Waals surface area contributed by atoms with E-state index in [0.717, 1.165) is 26.1 Å². The lowest BCUT2D eigenvalue weighted by molar-refractivity contribution is 0.0942. The molecule has 0 atom stereocenters. The van der Waals surface area contributed by atoms with E-state index >= 15 is 0 Å². The van der Waals surface area contributed by atoms with Crippen LogP contribution >= 0.6 is 0 Å². The van der Waals surface area contributed by atoms with Gasteiger partial charge >= 0.3 is 0 Å². The second-order valence-corrected chi connectivity index (χ2v) is 4.00. The van der Waals surface area contributed by atoms with E-state index in [9.17, 15) is 9.59 Å². The summed E-state index contributed by atoms with van der Waals surface area (Å²) in [6.07, 6.45) is 1.10. The van der Waals surface area contributed by atoms with Gasteiger partial charge in [-0.2, -0.15) is 5.10 Å². The molecule has 0 bridgehead atoms. The number of hydrogen-bond donors (Lipinski definition) is 2. The number of carbonyl (C=O) groups excluding carboxylic acids is 1. The molecule has 0 aliphatic rings. The van der Waals surface area contributed by atoms with Crippen molar-refractivity contribution in [2.75, 3.05) is 26.2 Å². The lowest BCUT2D eigenvalue weighted by atomic mass is 10.3. The fourth-order valence-corrected chi connectivity index (χ4v) is 1.63. The van der Waals surface area contributed by atoms with E-state index in [1.807, 2.05) is 0 Å². The van der Waals surface area contributed by atoms with Crippen molar-refractivity contribution in [2.45, 2.75) is 20.3 Å². The number of likely N-dealkylation sites (N-methyl/N-ethyl adjacent to an activating group) is 1. The molecule has 0 aliphatic carbocycles. The van der Waals surface area contributed by atoms with Crippen molar-refractivity contribution in [3.63, 3.8) is 0 Å². The number of H-pyrrole nitrogens is 1. The van der Waals surface area contributed by atoms with Gasteiger partial charge in [0.15, 0.2) is 0 Å². The lowest BCUT2D eigenvalue weighted by Gasteiger charge is -2.19. The first-order valence-electron chi connectivity index (χ1n) is 6.23. The zero-order valence-electron chi connectivity index (χ0n) is 10.9. The standard InChI is InChI=1S/C12H20N4O2/c1-3-8-16(4-2)9-7-13-12(18)10-5-6-11(17)15-14-10/h5-6H,3-4,7-9H2,1-2H3,(H,13,18)(H,15,17). The molecule has 6 nitrogen and oxygen atoms in total. The number of carbonyl (C=O) groups is 1. The molecular weight excluding hydrogens is 232 g/mol. The van der Waals surface area contributed by atoms with Gasteiger partial charge in [0.05, 0.1) is 0 Å². The molecule has 1 aromatic rings. The molecule has 18 heavy (non-hydrogen) atoms. The minimum atomic E-state index is -0.313. The largest absolute Gasteiger partial charge is 0.349 e. The topological polar surface area (TPSA) is 78.1 Å². The second kappa shape index (κ2) is 7.60. The minimum absolute atomic E-state index is 0.230. The van der Waals surface area contributed by atoms with Crippen LogP contribution < -0.4 is 10.9 Å². The number of rotatable bonds is 7. The van der Waals surface area contributed by atoms with Crippen molar-refractivity contribution in [1.29, 1.82) is 0 Å². The van der Waals surface area contributed by atoms with Crippen LogP contribution in [0.1, 0.15) is 30.8 Å². The highest BCUT2D eigenvalue weighted by molar-refractivity contribution is 5.91. The first-order valence-corrected chi connectivity index (χ1v) is 6.23. The summed E-state index contributed by atoms with van der Waals surface area (Å²) in [5.41, 5.74) is -0.0835. The third-order valence-corrected chi connectivity index (χ3v) is 2.61. The van der Waals surface area contributed by atoms with Crippen LogP contribution in [0.5, 0.6) is 0 Å². The summed E-state index contributed by atoms with van der Waals surface area (Å²) in [6, 6.07) is 2.70. The third kappa shape index (κ3) is 4.67. The van der Waals surface area contributed by atoms with E-state index in [1.54, 1.807) is 0 Å². The predicted octanol–water partition coefficient (Wildman–Crippen LogP) is 0.232. The molecule has 1 aromatic heterocycles. The van der Waals surface area contributed by atoms with Gasteiger partial charge in [-0.1, -0.05) is 13.8 Å². The van der Waals surface area contributed by atoms with E-state index in [4.69, 9.17) is 0 Å². The van der Waals surface area contributed by atoms with Crippen LogP contribution in [0.25, 0.3) is 0 Å². The number of nitrogens with one attached hydrogen (secondary N) is 2. The van der Waals surface area contributed by atoms with Gasteiger partial charge in [0.25, 0.3) is 11.5 Å². The van der Waals surface area contributed by atoms with Crippen molar-refractivity contribution >= 4 is 5.91 Å². The maximum Gasteiger partial charge on any atom is 0.271 e. The molecule has 2 N–H and O–H groups in total. The molecule has 0 aromatic carbocycles. The second-order valence-electron chi connectivity index (χ2n) is 4.00. The quantitative estimate of drug-likeness (QED) is 0.728. The van der Waals surface area contributed by atoms with Gasteiger partial charge in [0.2, 0.25) is 0 Å². The highest BCUT2D eigenvalue weighted by Gasteiger charge is 2.07. The Labute approximate surface area is 106 Å². The summed E-state index contributed by atoms with van der Waals surface area (Å²) < 4.78 is 0. The van der Waals surface area contributed by atoms with Gasteiger partial charge in [-0.05, 0) is 25.6 Å². The molecule has 1 amide bonds. The zero-order valence-corrected chi connectivity index (χ0v) is 10.9. The Balaban J connectivity index is 2.37. The van der Waals surface area contributed by atoms with Crippen LogP contribution in [-0.2, 0) is 0 Å². The van der Waals surface area contributed by atoms with Crippen LogP contribution in [0.2, 0.25) is 0 Å². The smallest absolute Gasteiger partial charge is 0.271 e. The lowest BCUT2D eigenvalue weighted by Crippen LogP contribution is -2.35. The Morgan fingerprint density at radius 1 is 1.39 bits per heavy atom.